The van der Waals surface area contributed by atoms with E-state index in [9.17, 15) is 5.11 Å². The van der Waals surface area contributed by atoms with Crippen LogP contribution in [0.25, 0.3) is 16.7 Å². The Labute approximate surface area is 163 Å². The van der Waals surface area contributed by atoms with Gasteiger partial charge in [0.2, 0.25) is 5.95 Å². The van der Waals surface area contributed by atoms with Crippen molar-refractivity contribution in [3.05, 3.63) is 66.4 Å². The molecular weight excluding hydrogens is 352 g/mol. The summed E-state index contributed by atoms with van der Waals surface area (Å²) in [4.78, 5) is 11.2. The summed E-state index contributed by atoms with van der Waals surface area (Å²) in [6, 6.07) is 17.9. The van der Waals surface area contributed by atoms with Gasteiger partial charge in [0.05, 0.1) is 23.9 Å². The smallest absolute Gasteiger partial charge is 0.229 e. The van der Waals surface area contributed by atoms with Crippen LogP contribution in [0, 0.1) is 6.92 Å². The zero-order chi connectivity index (χ0) is 19.5. The SMILES string of the molecule is Cc1ccccc1Nc1nc(N(C)CCO)nc2c1cnn2-c1ccccc1. The van der Waals surface area contributed by atoms with Crippen LogP contribution < -0.4 is 10.2 Å². The number of hydrogen-bond acceptors (Lipinski definition) is 6. The second-order valence-electron chi connectivity index (χ2n) is 6.59. The molecule has 0 saturated heterocycles. The molecule has 2 aromatic carbocycles. The first-order valence-electron chi connectivity index (χ1n) is 9.13. The number of aryl methyl sites for hydroxylation is 1. The standard InChI is InChI=1S/C21H22N6O/c1-15-8-6-7-11-18(15)23-19-17-14-22-27(16-9-4-3-5-10-16)20(17)25-21(24-19)26(2)12-13-28/h3-11,14,28H,12-13H2,1-2H3,(H,23,24,25). The number of para-hydroxylation sites is 2. The molecule has 0 bridgehead atoms. The van der Waals surface area contributed by atoms with Crippen molar-refractivity contribution >= 4 is 28.5 Å². The minimum absolute atomic E-state index is 0.0242. The van der Waals surface area contributed by atoms with Gasteiger partial charge in [-0.2, -0.15) is 15.1 Å². The van der Waals surface area contributed by atoms with Crippen LogP contribution in [0.3, 0.4) is 0 Å². The number of benzene rings is 2. The van der Waals surface area contributed by atoms with E-state index in [4.69, 9.17) is 9.97 Å². The van der Waals surface area contributed by atoms with Gasteiger partial charge in [-0.3, -0.25) is 0 Å². The average Bonchev–Trinajstić information content (AvgIpc) is 3.15. The van der Waals surface area contributed by atoms with E-state index in [0.717, 1.165) is 22.3 Å². The van der Waals surface area contributed by atoms with Gasteiger partial charge < -0.3 is 15.3 Å². The second kappa shape index (κ2) is 7.66. The molecule has 0 atom stereocenters. The Morgan fingerprint density at radius 2 is 1.79 bits per heavy atom. The molecule has 0 fully saturated rings. The van der Waals surface area contributed by atoms with Gasteiger partial charge in [0, 0.05) is 19.3 Å². The van der Waals surface area contributed by atoms with Crippen LogP contribution in [0.1, 0.15) is 5.56 Å². The number of hydrogen-bond donors (Lipinski definition) is 2. The summed E-state index contributed by atoms with van der Waals surface area (Å²) in [5.74, 6) is 1.21. The molecule has 0 spiro atoms. The van der Waals surface area contributed by atoms with E-state index in [1.165, 1.54) is 0 Å². The number of aromatic nitrogens is 4. The zero-order valence-electron chi connectivity index (χ0n) is 15.9. The van der Waals surface area contributed by atoms with E-state index < -0.39 is 0 Å². The minimum Gasteiger partial charge on any atom is -0.395 e. The van der Waals surface area contributed by atoms with Crippen LogP contribution in [-0.4, -0.2) is 45.1 Å². The van der Waals surface area contributed by atoms with Gasteiger partial charge in [-0.05, 0) is 30.7 Å². The third-order valence-corrected chi connectivity index (χ3v) is 4.59. The van der Waals surface area contributed by atoms with Crippen molar-refractivity contribution in [3.63, 3.8) is 0 Å². The first kappa shape index (κ1) is 17.9. The Bertz CT molecular complexity index is 1090. The Hall–Kier alpha value is -3.45. The number of aliphatic hydroxyl groups excluding tert-OH is 1. The maximum absolute atomic E-state index is 9.31. The maximum atomic E-state index is 9.31. The first-order valence-corrected chi connectivity index (χ1v) is 9.13. The fourth-order valence-electron chi connectivity index (χ4n) is 3.01. The van der Waals surface area contributed by atoms with Crippen molar-refractivity contribution in [2.24, 2.45) is 0 Å². The third-order valence-electron chi connectivity index (χ3n) is 4.59. The van der Waals surface area contributed by atoms with Gasteiger partial charge in [-0.1, -0.05) is 36.4 Å². The summed E-state index contributed by atoms with van der Waals surface area (Å²) < 4.78 is 1.80. The normalized spacial score (nSPS) is 11.0. The third kappa shape index (κ3) is 3.39. The van der Waals surface area contributed by atoms with E-state index in [2.05, 4.69) is 10.4 Å². The summed E-state index contributed by atoms with van der Waals surface area (Å²) in [5.41, 5.74) is 3.73. The molecule has 2 heterocycles. The Balaban J connectivity index is 1.88. The van der Waals surface area contributed by atoms with Crippen LogP contribution >= 0.6 is 0 Å². The van der Waals surface area contributed by atoms with Crippen LogP contribution in [0.2, 0.25) is 0 Å². The summed E-state index contributed by atoms with van der Waals surface area (Å²) in [5, 5.41) is 18.1. The van der Waals surface area contributed by atoms with Crippen LogP contribution in [0.5, 0.6) is 0 Å². The molecule has 0 saturated carbocycles. The lowest BCUT2D eigenvalue weighted by molar-refractivity contribution is 0.303. The fourth-order valence-corrected chi connectivity index (χ4v) is 3.01. The van der Waals surface area contributed by atoms with Crippen molar-refractivity contribution < 1.29 is 5.11 Å². The minimum atomic E-state index is 0.0242. The summed E-state index contributed by atoms with van der Waals surface area (Å²) >= 11 is 0. The molecule has 0 amide bonds. The van der Waals surface area contributed by atoms with Gasteiger partial charge in [-0.15, -0.1) is 0 Å². The van der Waals surface area contributed by atoms with Gasteiger partial charge in [0.1, 0.15) is 5.82 Å². The van der Waals surface area contributed by atoms with Crippen LogP contribution in [0.15, 0.2) is 60.8 Å². The van der Waals surface area contributed by atoms with Crippen molar-refractivity contribution in [3.8, 4) is 5.69 Å². The number of rotatable bonds is 6. The highest BCUT2D eigenvalue weighted by molar-refractivity contribution is 5.90. The molecule has 0 unspecified atom stereocenters. The van der Waals surface area contributed by atoms with E-state index in [1.807, 2.05) is 73.5 Å². The molecule has 0 aliphatic rings. The number of anilines is 3. The highest BCUT2D eigenvalue weighted by Crippen LogP contribution is 2.28. The van der Waals surface area contributed by atoms with Crippen LogP contribution in [0.4, 0.5) is 17.5 Å². The van der Waals surface area contributed by atoms with E-state index in [0.29, 0.717) is 24.0 Å². The molecule has 4 rings (SSSR count). The molecule has 2 N–H and O–H groups in total. The van der Waals surface area contributed by atoms with Crippen molar-refractivity contribution in [1.82, 2.24) is 19.7 Å². The quantitative estimate of drug-likeness (QED) is 0.539. The van der Waals surface area contributed by atoms with Gasteiger partial charge >= 0.3 is 0 Å². The molecule has 0 radical (unpaired) electrons. The average molecular weight is 374 g/mol. The monoisotopic (exact) mass is 374 g/mol. The van der Waals surface area contributed by atoms with Crippen molar-refractivity contribution in [2.75, 3.05) is 30.4 Å². The molecule has 2 aromatic heterocycles. The van der Waals surface area contributed by atoms with E-state index >= 15 is 0 Å². The number of fused-ring (bicyclic) bond motifs is 1. The largest absolute Gasteiger partial charge is 0.395 e. The zero-order valence-corrected chi connectivity index (χ0v) is 15.9. The predicted molar refractivity (Wildman–Crippen MR) is 111 cm³/mol. The molecule has 0 aliphatic carbocycles. The van der Waals surface area contributed by atoms with Gasteiger partial charge in [0.25, 0.3) is 0 Å². The van der Waals surface area contributed by atoms with E-state index in [1.54, 1.807) is 10.9 Å². The lowest BCUT2D eigenvalue weighted by Crippen LogP contribution is -2.23. The van der Waals surface area contributed by atoms with Gasteiger partial charge in [-0.25, -0.2) is 4.68 Å². The summed E-state index contributed by atoms with van der Waals surface area (Å²) in [7, 11) is 1.86. The molecule has 4 aromatic rings. The van der Waals surface area contributed by atoms with Crippen molar-refractivity contribution in [1.29, 1.82) is 0 Å². The second-order valence-corrected chi connectivity index (χ2v) is 6.59. The van der Waals surface area contributed by atoms with Crippen molar-refractivity contribution in [2.45, 2.75) is 6.92 Å². The van der Waals surface area contributed by atoms with E-state index in [-0.39, 0.29) is 6.61 Å². The highest BCUT2D eigenvalue weighted by atomic mass is 16.3. The summed E-state index contributed by atoms with van der Waals surface area (Å²) in [6.45, 7) is 2.51. The molecule has 7 heteroatoms. The fraction of sp³-hybridized carbons (Fsp3) is 0.190. The number of aliphatic hydroxyl groups is 1. The number of nitrogens with zero attached hydrogens (tertiary/aromatic N) is 5. The topological polar surface area (TPSA) is 79.1 Å². The lowest BCUT2D eigenvalue weighted by Gasteiger charge is -2.18. The number of nitrogens with one attached hydrogen (secondary N) is 1. The highest BCUT2D eigenvalue weighted by Gasteiger charge is 2.16. The van der Waals surface area contributed by atoms with Crippen LogP contribution in [-0.2, 0) is 0 Å². The Kier molecular flexibility index (Phi) is 4.90. The van der Waals surface area contributed by atoms with Gasteiger partial charge in [0.15, 0.2) is 5.65 Å². The number of likely N-dealkylation sites (N-methyl/N-ethyl adjacent to an activating group) is 1. The Morgan fingerprint density at radius 3 is 2.54 bits per heavy atom. The molecule has 7 nitrogen and oxygen atoms in total. The first-order chi connectivity index (χ1) is 13.7. The summed E-state index contributed by atoms with van der Waals surface area (Å²) in [6.07, 6.45) is 1.78. The maximum Gasteiger partial charge on any atom is 0.229 e. The molecular formula is C21H22N6O. The predicted octanol–water partition coefficient (Wildman–Crippen LogP) is 3.30. The lowest BCUT2D eigenvalue weighted by atomic mass is 10.2. The molecule has 28 heavy (non-hydrogen) atoms. The molecule has 0 aliphatic heterocycles. The molecule has 142 valence electrons. The Morgan fingerprint density at radius 1 is 1.04 bits per heavy atom.